The minimum absolute atomic E-state index is 0.175. The summed E-state index contributed by atoms with van der Waals surface area (Å²) >= 11 is 0. The number of hydrogen-bond acceptors (Lipinski definition) is 4. The molecule has 120 valence electrons. The van der Waals surface area contributed by atoms with Gasteiger partial charge in [0.2, 0.25) is 0 Å². The van der Waals surface area contributed by atoms with E-state index in [1.54, 1.807) is 32.9 Å². The molecule has 1 aromatic carbocycles. The van der Waals surface area contributed by atoms with E-state index in [0.29, 0.717) is 17.5 Å². The number of carboxylic acid groups (broad SMARTS) is 1. The number of aliphatic hydroxyl groups excluding tert-OH is 1. The lowest BCUT2D eigenvalue weighted by atomic mass is 9.91. The van der Waals surface area contributed by atoms with E-state index in [1.165, 1.54) is 4.90 Å². The highest BCUT2D eigenvalue weighted by atomic mass is 16.6. The Morgan fingerprint density at radius 2 is 2.05 bits per heavy atom. The number of nitrogens with zero attached hydrogens (tertiary/aromatic N) is 1. The number of carbonyl (C=O) groups is 2. The molecular formula is C16H21NO5. The zero-order valence-corrected chi connectivity index (χ0v) is 13.0. The van der Waals surface area contributed by atoms with Crippen LogP contribution in [-0.2, 0) is 22.6 Å². The zero-order valence-electron chi connectivity index (χ0n) is 13.0. The van der Waals surface area contributed by atoms with Crippen molar-refractivity contribution in [2.24, 2.45) is 0 Å². The summed E-state index contributed by atoms with van der Waals surface area (Å²) < 4.78 is 5.30. The van der Waals surface area contributed by atoms with E-state index in [1.807, 2.05) is 6.07 Å². The normalized spacial score (nSPS) is 17.8. The molecule has 1 atom stereocenters. The molecule has 1 aliphatic rings. The summed E-state index contributed by atoms with van der Waals surface area (Å²) in [5.74, 6) is -1.11. The first-order valence-electron chi connectivity index (χ1n) is 7.18. The van der Waals surface area contributed by atoms with Crippen LogP contribution < -0.4 is 0 Å². The number of ether oxygens (including phenoxy) is 1. The molecule has 0 aliphatic carbocycles. The number of amides is 1. The Bertz CT molecular complexity index is 591. The SMILES string of the molecule is CC(C)(C)OC(=O)N1CCc2ccc(CO)cc2C1C(=O)O. The van der Waals surface area contributed by atoms with Gasteiger partial charge in [-0.3, -0.25) is 4.90 Å². The highest BCUT2D eigenvalue weighted by molar-refractivity contribution is 5.82. The van der Waals surface area contributed by atoms with Crippen molar-refractivity contribution in [3.63, 3.8) is 0 Å². The zero-order chi connectivity index (χ0) is 16.5. The van der Waals surface area contributed by atoms with Crippen LogP contribution in [0.5, 0.6) is 0 Å². The molecule has 0 radical (unpaired) electrons. The summed E-state index contributed by atoms with van der Waals surface area (Å²) in [5.41, 5.74) is 1.35. The molecule has 0 bridgehead atoms. The molecule has 6 heteroatoms. The molecule has 1 unspecified atom stereocenters. The smallest absolute Gasteiger partial charge is 0.411 e. The van der Waals surface area contributed by atoms with Gasteiger partial charge < -0.3 is 14.9 Å². The van der Waals surface area contributed by atoms with Gasteiger partial charge in [-0.05, 0) is 43.9 Å². The molecule has 0 saturated heterocycles. The van der Waals surface area contributed by atoms with Gasteiger partial charge in [0.1, 0.15) is 5.60 Å². The van der Waals surface area contributed by atoms with Crippen LogP contribution in [0.25, 0.3) is 0 Å². The topological polar surface area (TPSA) is 87.1 Å². The Morgan fingerprint density at radius 3 is 2.59 bits per heavy atom. The third-order valence-corrected chi connectivity index (χ3v) is 3.48. The fraction of sp³-hybridized carbons (Fsp3) is 0.500. The van der Waals surface area contributed by atoms with Crippen molar-refractivity contribution >= 4 is 12.1 Å². The maximum absolute atomic E-state index is 12.3. The van der Waals surface area contributed by atoms with E-state index in [0.717, 1.165) is 5.56 Å². The number of carbonyl (C=O) groups excluding carboxylic acids is 1. The van der Waals surface area contributed by atoms with Crippen LogP contribution in [0, 0.1) is 0 Å². The number of hydrogen-bond donors (Lipinski definition) is 2. The lowest BCUT2D eigenvalue weighted by molar-refractivity contribution is -0.143. The van der Waals surface area contributed by atoms with Crippen LogP contribution in [0.15, 0.2) is 18.2 Å². The van der Waals surface area contributed by atoms with Crippen molar-refractivity contribution in [1.29, 1.82) is 0 Å². The number of rotatable bonds is 2. The quantitative estimate of drug-likeness (QED) is 0.873. The molecule has 2 N–H and O–H groups in total. The highest BCUT2D eigenvalue weighted by Crippen LogP contribution is 2.32. The van der Waals surface area contributed by atoms with Gasteiger partial charge in [-0.15, -0.1) is 0 Å². The maximum atomic E-state index is 12.3. The van der Waals surface area contributed by atoms with Gasteiger partial charge in [-0.25, -0.2) is 9.59 Å². The molecule has 1 heterocycles. The molecule has 22 heavy (non-hydrogen) atoms. The van der Waals surface area contributed by atoms with Gasteiger partial charge in [0, 0.05) is 6.54 Å². The first-order valence-corrected chi connectivity index (χ1v) is 7.18. The molecule has 1 aromatic rings. The molecule has 2 rings (SSSR count). The minimum atomic E-state index is -1.11. The Balaban J connectivity index is 2.38. The van der Waals surface area contributed by atoms with E-state index in [4.69, 9.17) is 4.74 Å². The van der Waals surface area contributed by atoms with Crippen molar-refractivity contribution in [3.8, 4) is 0 Å². The number of benzene rings is 1. The molecule has 6 nitrogen and oxygen atoms in total. The first-order chi connectivity index (χ1) is 10.2. The average Bonchev–Trinajstić information content (AvgIpc) is 2.43. The second-order valence-corrected chi connectivity index (χ2v) is 6.36. The monoisotopic (exact) mass is 307 g/mol. The maximum Gasteiger partial charge on any atom is 0.411 e. The number of aliphatic carboxylic acids is 1. The van der Waals surface area contributed by atoms with E-state index in [9.17, 15) is 19.8 Å². The van der Waals surface area contributed by atoms with Crippen molar-refractivity contribution in [2.75, 3.05) is 6.54 Å². The summed E-state index contributed by atoms with van der Waals surface area (Å²) in [7, 11) is 0. The molecular weight excluding hydrogens is 286 g/mol. The van der Waals surface area contributed by atoms with Crippen molar-refractivity contribution in [2.45, 2.75) is 45.4 Å². The van der Waals surface area contributed by atoms with Crippen LogP contribution >= 0.6 is 0 Å². The van der Waals surface area contributed by atoms with Gasteiger partial charge in [0.25, 0.3) is 0 Å². The van der Waals surface area contributed by atoms with Crippen molar-refractivity contribution in [1.82, 2.24) is 4.90 Å². The lowest BCUT2D eigenvalue weighted by Gasteiger charge is -2.36. The average molecular weight is 307 g/mol. The summed E-state index contributed by atoms with van der Waals surface area (Å²) in [6.45, 7) is 5.33. The predicted octanol–water partition coefficient (Wildman–Crippen LogP) is 2.10. The number of carboxylic acids is 1. The van der Waals surface area contributed by atoms with E-state index in [-0.39, 0.29) is 13.2 Å². The Hall–Kier alpha value is -2.08. The first kappa shape index (κ1) is 16.3. The van der Waals surface area contributed by atoms with Gasteiger partial charge in [-0.1, -0.05) is 18.2 Å². The molecule has 0 fully saturated rings. The van der Waals surface area contributed by atoms with Crippen LogP contribution in [0.4, 0.5) is 4.79 Å². The van der Waals surface area contributed by atoms with Crippen LogP contribution in [-0.4, -0.2) is 39.3 Å². The molecule has 0 spiro atoms. The third kappa shape index (κ3) is 3.39. The van der Waals surface area contributed by atoms with Crippen molar-refractivity contribution < 1.29 is 24.5 Å². The Labute approximate surface area is 129 Å². The van der Waals surface area contributed by atoms with Gasteiger partial charge in [0.15, 0.2) is 6.04 Å². The number of aliphatic hydroxyl groups is 1. The van der Waals surface area contributed by atoms with Crippen LogP contribution in [0.2, 0.25) is 0 Å². The lowest BCUT2D eigenvalue weighted by Crippen LogP contribution is -2.45. The van der Waals surface area contributed by atoms with E-state index in [2.05, 4.69) is 0 Å². The molecule has 1 amide bonds. The van der Waals surface area contributed by atoms with Crippen LogP contribution in [0.3, 0.4) is 0 Å². The standard InChI is InChI=1S/C16H21NO5/c1-16(2,3)22-15(21)17-7-6-11-5-4-10(9-18)8-12(11)13(17)14(19)20/h4-5,8,13,18H,6-7,9H2,1-3H3,(H,19,20). The fourth-order valence-electron chi connectivity index (χ4n) is 2.55. The summed E-state index contributed by atoms with van der Waals surface area (Å²) in [6, 6.07) is 4.12. The van der Waals surface area contributed by atoms with Crippen LogP contribution in [0.1, 0.15) is 43.5 Å². The molecule has 0 aromatic heterocycles. The van der Waals surface area contributed by atoms with Gasteiger partial charge in [-0.2, -0.15) is 0 Å². The summed E-state index contributed by atoms with van der Waals surface area (Å²) in [6.07, 6.45) is -0.0793. The number of fused-ring (bicyclic) bond motifs is 1. The fourth-order valence-corrected chi connectivity index (χ4v) is 2.55. The molecule has 1 aliphatic heterocycles. The second-order valence-electron chi connectivity index (χ2n) is 6.36. The highest BCUT2D eigenvalue weighted by Gasteiger charge is 2.38. The molecule has 0 saturated carbocycles. The van der Waals surface area contributed by atoms with E-state index >= 15 is 0 Å². The summed E-state index contributed by atoms with van der Waals surface area (Å²) in [5, 5.41) is 18.8. The predicted molar refractivity (Wildman–Crippen MR) is 79.4 cm³/mol. The van der Waals surface area contributed by atoms with Gasteiger partial charge >= 0.3 is 12.1 Å². The third-order valence-electron chi connectivity index (χ3n) is 3.48. The second kappa shape index (κ2) is 5.96. The Kier molecular flexibility index (Phi) is 4.42. The Morgan fingerprint density at radius 1 is 1.36 bits per heavy atom. The summed E-state index contributed by atoms with van der Waals surface area (Å²) in [4.78, 5) is 25.2. The largest absolute Gasteiger partial charge is 0.479 e. The van der Waals surface area contributed by atoms with Gasteiger partial charge in [0.05, 0.1) is 6.61 Å². The minimum Gasteiger partial charge on any atom is -0.479 e. The van der Waals surface area contributed by atoms with Crippen molar-refractivity contribution in [3.05, 3.63) is 34.9 Å². The van der Waals surface area contributed by atoms with E-state index < -0.39 is 23.7 Å².